The first-order chi connectivity index (χ1) is 11.0. The van der Waals surface area contributed by atoms with Crippen LogP contribution in [0.1, 0.15) is 43.1 Å². The molecule has 0 aliphatic rings. The minimum Gasteiger partial charge on any atom is -0.382 e. The molecule has 0 saturated carbocycles. The molecule has 0 spiro atoms. The summed E-state index contributed by atoms with van der Waals surface area (Å²) < 4.78 is 5.22. The maximum absolute atomic E-state index is 11.9. The fourth-order valence-electron chi connectivity index (χ4n) is 1.89. The van der Waals surface area contributed by atoms with Crippen molar-refractivity contribution >= 4 is 11.9 Å². The molecule has 0 fully saturated rings. The summed E-state index contributed by atoms with van der Waals surface area (Å²) in [6.07, 6.45) is 0.798. The van der Waals surface area contributed by atoms with E-state index in [9.17, 15) is 9.59 Å². The predicted molar refractivity (Wildman–Crippen MR) is 90.4 cm³/mol. The average molecular weight is 321 g/mol. The summed E-state index contributed by atoms with van der Waals surface area (Å²) in [5.74, 6) is -0.0986. The second-order valence-electron chi connectivity index (χ2n) is 5.49. The number of amides is 3. The van der Waals surface area contributed by atoms with Crippen molar-refractivity contribution in [1.29, 1.82) is 0 Å². The van der Waals surface area contributed by atoms with Crippen molar-refractivity contribution in [1.82, 2.24) is 16.0 Å². The third-order valence-electron chi connectivity index (χ3n) is 3.04. The summed E-state index contributed by atoms with van der Waals surface area (Å²) in [6.45, 7) is 8.12. The molecule has 6 heteroatoms. The lowest BCUT2D eigenvalue weighted by Gasteiger charge is -2.10. The van der Waals surface area contributed by atoms with Crippen LogP contribution in [0, 0.1) is 0 Å². The van der Waals surface area contributed by atoms with Crippen molar-refractivity contribution in [2.24, 2.45) is 0 Å². The first-order valence-corrected chi connectivity index (χ1v) is 8.02. The molecular formula is C17H27N3O3. The normalized spacial score (nSPS) is 10.4. The van der Waals surface area contributed by atoms with Gasteiger partial charge in [-0.3, -0.25) is 4.79 Å². The van der Waals surface area contributed by atoms with E-state index >= 15 is 0 Å². The van der Waals surface area contributed by atoms with Gasteiger partial charge in [-0.15, -0.1) is 0 Å². The van der Waals surface area contributed by atoms with E-state index in [1.807, 2.05) is 32.9 Å². The Hall–Kier alpha value is -2.08. The highest BCUT2D eigenvalue weighted by Gasteiger charge is 2.06. The van der Waals surface area contributed by atoms with Crippen molar-refractivity contribution in [3.63, 3.8) is 0 Å². The van der Waals surface area contributed by atoms with Crippen LogP contribution in [0.2, 0.25) is 0 Å². The first-order valence-electron chi connectivity index (χ1n) is 8.02. The fourth-order valence-corrected chi connectivity index (χ4v) is 1.89. The minimum atomic E-state index is -0.198. The first kappa shape index (κ1) is 19.0. The molecule has 0 aliphatic heterocycles. The molecule has 3 N–H and O–H groups in total. The largest absolute Gasteiger partial charge is 0.382 e. The molecule has 23 heavy (non-hydrogen) atoms. The van der Waals surface area contributed by atoms with Gasteiger partial charge in [0.05, 0.1) is 0 Å². The zero-order valence-electron chi connectivity index (χ0n) is 14.1. The molecule has 0 unspecified atom stereocenters. The lowest BCUT2D eigenvalue weighted by molar-refractivity contribution is 0.0944. The standard InChI is InChI=1S/C17H27N3O3/c1-4-23-11-5-10-18-16(21)15-8-6-14(7-9-15)12-19-17(22)20-13(2)3/h6-9,13H,4-5,10-12H2,1-3H3,(H,18,21)(H2,19,20,22). The molecule has 1 rings (SSSR count). The van der Waals surface area contributed by atoms with Crippen LogP contribution < -0.4 is 16.0 Å². The molecule has 0 aliphatic carbocycles. The Labute approximate surface area is 138 Å². The Morgan fingerprint density at radius 3 is 2.43 bits per heavy atom. The quantitative estimate of drug-likeness (QED) is 0.609. The fraction of sp³-hybridized carbons (Fsp3) is 0.529. The number of carbonyl (C=O) groups excluding carboxylic acids is 2. The van der Waals surface area contributed by atoms with Gasteiger partial charge in [0.2, 0.25) is 0 Å². The van der Waals surface area contributed by atoms with E-state index in [0.717, 1.165) is 12.0 Å². The summed E-state index contributed by atoms with van der Waals surface area (Å²) in [5, 5.41) is 8.37. The van der Waals surface area contributed by atoms with Gasteiger partial charge in [-0.1, -0.05) is 12.1 Å². The van der Waals surface area contributed by atoms with Gasteiger partial charge in [0, 0.05) is 37.9 Å². The number of ether oxygens (including phenoxy) is 1. The summed E-state index contributed by atoms with van der Waals surface area (Å²) in [4.78, 5) is 23.4. The molecular weight excluding hydrogens is 294 g/mol. The number of hydrogen-bond donors (Lipinski definition) is 3. The van der Waals surface area contributed by atoms with Crippen LogP contribution in [0.15, 0.2) is 24.3 Å². The molecule has 0 radical (unpaired) electrons. The van der Waals surface area contributed by atoms with E-state index in [1.54, 1.807) is 12.1 Å². The highest BCUT2D eigenvalue weighted by Crippen LogP contribution is 2.04. The van der Waals surface area contributed by atoms with Gasteiger partial charge in [0.1, 0.15) is 0 Å². The van der Waals surface area contributed by atoms with Crippen molar-refractivity contribution in [3.05, 3.63) is 35.4 Å². The molecule has 0 aromatic heterocycles. The number of benzene rings is 1. The molecule has 3 amide bonds. The van der Waals surface area contributed by atoms with Crippen LogP contribution in [0.4, 0.5) is 4.79 Å². The second kappa shape index (κ2) is 10.6. The smallest absolute Gasteiger partial charge is 0.315 e. The van der Waals surface area contributed by atoms with Crippen molar-refractivity contribution in [3.8, 4) is 0 Å². The van der Waals surface area contributed by atoms with Crippen LogP contribution in [0.25, 0.3) is 0 Å². The molecule has 128 valence electrons. The lowest BCUT2D eigenvalue weighted by atomic mass is 10.1. The Morgan fingerprint density at radius 1 is 1.13 bits per heavy atom. The third-order valence-corrected chi connectivity index (χ3v) is 3.04. The van der Waals surface area contributed by atoms with Gasteiger partial charge in [0.15, 0.2) is 0 Å². The van der Waals surface area contributed by atoms with Gasteiger partial charge >= 0.3 is 6.03 Å². The average Bonchev–Trinajstić information content (AvgIpc) is 2.52. The van der Waals surface area contributed by atoms with E-state index in [-0.39, 0.29) is 18.0 Å². The van der Waals surface area contributed by atoms with Crippen molar-refractivity contribution in [2.45, 2.75) is 39.8 Å². The summed E-state index contributed by atoms with van der Waals surface area (Å²) >= 11 is 0. The van der Waals surface area contributed by atoms with Crippen LogP contribution in [0.5, 0.6) is 0 Å². The highest BCUT2D eigenvalue weighted by molar-refractivity contribution is 5.94. The van der Waals surface area contributed by atoms with Gasteiger partial charge in [0.25, 0.3) is 5.91 Å². The molecule has 6 nitrogen and oxygen atoms in total. The van der Waals surface area contributed by atoms with E-state index in [4.69, 9.17) is 4.74 Å². The van der Waals surface area contributed by atoms with Crippen molar-refractivity contribution in [2.75, 3.05) is 19.8 Å². The molecule has 1 aromatic rings. The van der Waals surface area contributed by atoms with E-state index in [2.05, 4.69) is 16.0 Å². The van der Waals surface area contributed by atoms with Crippen LogP contribution in [-0.2, 0) is 11.3 Å². The topological polar surface area (TPSA) is 79.5 Å². The number of urea groups is 1. The Kier molecular flexibility index (Phi) is 8.75. The Bertz CT molecular complexity index is 486. The van der Waals surface area contributed by atoms with Crippen LogP contribution >= 0.6 is 0 Å². The predicted octanol–water partition coefficient (Wildman–Crippen LogP) is 2.05. The van der Waals surface area contributed by atoms with E-state index in [0.29, 0.717) is 31.9 Å². The third kappa shape index (κ3) is 8.21. The number of rotatable bonds is 9. The minimum absolute atomic E-state index is 0.0986. The second-order valence-corrected chi connectivity index (χ2v) is 5.49. The van der Waals surface area contributed by atoms with Crippen LogP contribution in [0.3, 0.4) is 0 Å². The molecule has 1 aromatic carbocycles. The SMILES string of the molecule is CCOCCCNC(=O)c1ccc(CNC(=O)NC(C)C)cc1. The zero-order valence-corrected chi connectivity index (χ0v) is 14.1. The monoisotopic (exact) mass is 321 g/mol. The van der Waals surface area contributed by atoms with E-state index in [1.165, 1.54) is 0 Å². The maximum atomic E-state index is 11.9. The highest BCUT2D eigenvalue weighted by atomic mass is 16.5. The zero-order chi connectivity index (χ0) is 17.1. The van der Waals surface area contributed by atoms with Crippen LogP contribution in [-0.4, -0.2) is 37.7 Å². The number of hydrogen-bond acceptors (Lipinski definition) is 3. The number of carbonyl (C=O) groups is 2. The van der Waals surface area contributed by atoms with Gasteiger partial charge in [-0.25, -0.2) is 4.79 Å². The lowest BCUT2D eigenvalue weighted by Crippen LogP contribution is -2.39. The molecule has 0 bridgehead atoms. The molecule has 0 heterocycles. The Balaban J connectivity index is 2.34. The summed E-state index contributed by atoms with van der Waals surface area (Å²) in [6, 6.07) is 7.10. The molecule has 0 saturated heterocycles. The van der Waals surface area contributed by atoms with Gasteiger partial charge in [-0.2, -0.15) is 0 Å². The van der Waals surface area contributed by atoms with Gasteiger partial charge in [-0.05, 0) is 44.9 Å². The summed E-state index contributed by atoms with van der Waals surface area (Å²) in [7, 11) is 0. The summed E-state index contributed by atoms with van der Waals surface area (Å²) in [5.41, 5.74) is 1.55. The maximum Gasteiger partial charge on any atom is 0.315 e. The Morgan fingerprint density at radius 2 is 1.83 bits per heavy atom. The molecule has 0 atom stereocenters. The van der Waals surface area contributed by atoms with Crippen molar-refractivity contribution < 1.29 is 14.3 Å². The van der Waals surface area contributed by atoms with Gasteiger partial charge < -0.3 is 20.7 Å². The number of nitrogens with one attached hydrogen (secondary N) is 3. The van der Waals surface area contributed by atoms with E-state index < -0.39 is 0 Å².